The number of piperidine rings is 1. The van der Waals surface area contributed by atoms with Gasteiger partial charge in [-0.15, -0.1) is 0 Å². The molecule has 2 aromatic carbocycles. The van der Waals surface area contributed by atoms with Gasteiger partial charge in [0.2, 0.25) is 11.8 Å². The number of benzene rings is 2. The van der Waals surface area contributed by atoms with Crippen molar-refractivity contribution in [3.8, 4) is 0 Å². The van der Waals surface area contributed by atoms with Gasteiger partial charge < -0.3 is 11.1 Å². The number of hydrogen-bond acceptors (Lipinski definition) is 5. The van der Waals surface area contributed by atoms with Gasteiger partial charge in [0.05, 0.1) is 34.0 Å². The van der Waals surface area contributed by atoms with Gasteiger partial charge in [-0.25, -0.2) is 0 Å². The number of nitrogens with two attached hydrogens (primary N) is 1. The van der Waals surface area contributed by atoms with Gasteiger partial charge in [-0.2, -0.15) is 0 Å². The van der Waals surface area contributed by atoms with E-state index in [1.54, 1.807) is 17.0 Å². The number of fused-ring (bicyclic) bond motifs is 1. The summed E-state index contributed by atoms with van der Waals surface area (Å²) in [7, 11) is 0. The van der Waals surface area contributed by atoms with Crippen LogP contribution < -0.4 is 16.0 Å². The molecule has 0 bridgehead atoms. The van der Waals surface area contributed by atoms with Crippen molar-refractivity contribution in [1.82, 2.24) is 4.90 Å². The van der Waals surface area contributed by atoms with Crippen LogP contribution in [0, 0.1) is 11.3 Å². The summed E-state index contributed by atoms with van der Waals surface area (Å²) in [6.07, 6.45) is 2.30. The van der Waals surface area contributed by atoms with E-state index in [4.69, 9.17) is 28.9 Å². The van der Waals surface area contributed by atoms with Crippen molar-refractivity contribution in [1.29, 1.82) is 0 Å². The molecule has 1 atom stereocenters. The fourth-order valence-electron chi connectivity index (χ4n) is 5.90. The van der Waals surface area contributed by atoms with Crippen molar-refractivity contribution in [2.75, 3.05) is 29.9 Å². The molecule has 0 spiro atoms. The smallest absolute Gasteiger partial charge is 0.242 e. The SMILES string of the molecule is CC1(C)CC(=O)C2=C(C1)Nc1ccccc1N(C(=O)CN1CCC(C(N)=O)CC1)C2c1ccc(Cl)c(Cl)c1. The number of carbonyl (C=O) groups is 3. The number of nitrogens with zero attached hydrogens (tertiary/aromatic N) is 2. The van der Waals surface area contributed by atoms with Gasteiger partial charge in [0.1, 0.15) is 0 Å². The van der Waals surface area contributed by atoms with Gasteiger partial charge in [-0.05, 0) is 67.6 Å². The Morgan fingerprint density at radius 2 is 1.76 bits per heavy atom. The van der Waals surface area contributed by atoms with Crippen LogP contribution in [0.4, 0.5) is 11.4 Å². The molecular weight excluding hydrogens is 523 g/mol. The molecule has 0 aromatic heterocycles. The molecule has 1 aliphatic carbocycles. The molecule has 2 amide bonds. The van der Waals surface area contributed by atoms with E-state index < -0.39 is 6.04 Å². The number of allylic oxidation sites excluding steroid dienone is 1. The Labute approximate surface area is 232 Å². The first-order valence-electron chi connectivity index (χ1n) is 12.9. The number of halogens is 2. The Morgan fingerprint density at radius 3 is 2.45 bits per heavy atom. The molecule has 2 heterocycles. The van der Waals surface area contributed by atoms with Gasteiger partial charge in [0.15, 0.2) is 5.78 Å². The van der Waals surface area contributed by atoms with E-state index in [2.05, 4.69) is 24.1 Å². The number of ketones is 1. The Morgan fingerprint density at radius 1 is 1.05 bits per heavy atom. The molecule has 0 radical (unpaired) electrons. The van der Waals surface area contributed by atoms with Crippen LogP contribution in [-0.4, -0.2) is 42.1 Å². The highest BCUT2D eigenvalue weighted by atomic mass is 35.5. The lowest BCUT2D eigenvalue weighted by Crippen LogP contribution is -2.47. The number of rotatable bonds is 4. The number of primary amides is 1. The summed E-state index contributed by atoms with van der Waals surface area (Å²) in [4.78, 5) is 43.4. The monoisotopic (exact) mass is 554 g/mol. The largest absolute Gasteiger partial charge is 0.369 e. The van der Waals surface area contributed by atoms with Crippen molar-refractivity contribution >= 4 is 52.2 Å². The van der Waals surface area contributed by atoms with Crippen molar-refractivity contribution < 1.29 is 14.4 Å². The van der Waals surface area contributed by atoms with E-state index in [9.17, 15) is 14.4 Å². The van der Waals surface area contributed by atoms with E-state index in [0.717, 1.165) is 16.9 Å². The minimum Gasteiger partial charge on any atom is -0.369 e. The molecule has 1 fully saturated rings. The standard InChI is InChI=1S/C29H32Cl2N4O3/c1-29(2)14-22-26(24(36)15-29)27(18-7-8-19(30)20(31)13-18)35(23-6-4-3-5-21(23)33-22)25(37)16-34-11-9-17(10-12-34)28(32)38/h3-8,13,17,27,33H,9-12,14-16H2,1-2H3,(H2,32,38). The zero-order valence-corrected chi connectivity index (χ0v) is 23.1. The molecule has 2 aliphatic heterocycles. The second-order valence-corrected chi connectivity index (χ2v) is 12.1. The highest BCUT2D eigenvalue weighted by molar-refractivity contribution is 6.42. The fraction of sp³-hybridized carbons (Fsp3) is 0.414. The third kappa shape index (κ3) is 5.20. The van der Waals surface area contributed by atoms with Gasteiger partial charge >= 0.3 is 0 Å². The lowest BCUT2D eigenvalue weighted by Gasteiger charge is -2.38. The van der Waals surface area contributed by atoms with Crippen LogP contribution in [0.1, 0.15) is 51.1 Å². The number of carbonyl (C=O) groups excluding carboxylic acids is 3. The first-order chi connectivity index (χ1) is 18.0. The Balaban J connectivity index is 1.61. The Bertz CT molecular complexity index is 1330. The number of para-hydroxylation sites is 2. The zero-order chi connectivity index (χ0) is 27.2. The Kier molecular flexibility index (Phi) is 7.29. The third-order valence-corrected chi connectivity index (χ3v) is 8.52. The molecule has 1 saturated heterocycles. The first-order valence-corrected chi connectivity index (χ1v) is 13.7. The molecule has 38 heavy (non-hydrogen) atoms. The molecule has 3 aliphatic rings. The van der Waals surface area contributed by atoms with Crippen molar-refractivity contribution in [3.05, 3.63) is 69.3 Å². The molecule has 1 unspecified atom stereocenters. The number of hydrogen-bond donors (Lipinski definition) is 2. The maximum Gasteiger partial charge on any atom is 0.242 e. The Hall–Kier alpha value is -2.87. The van der Waals surface area contributed by atoms with Crippen molar-refractivity contribution in [2.24, 2.45) is 17.1 Å². The molecule has 0 saturated carbocycles. The highest BCUT2D eigenvalue weighted by Crippen LogP contribution is 2.48. The molecule has 5 rings (SSSR count). The second-order valence-electron chi connectivity index (χ2n) is 11.3. The van der Waals surface area contributed by atoms with E-state index in [1.807, 2.05) is 30.3 Å². The lowest BCUT2D eigenvalue weighted by molar-refractivity contribution is -0.123. The second kappa shape index (κ2) is 10.4. The zero-order valence-electron chi connectivity index (χ0n) is 21.6. The topological polar surface area (TPSA) is 95.7 Å². The molecule has 7 nitrogen and oxygen atoms in total. The van der Waals surface area contributed by atoms with Crippen LogP contribution >= 0.6 is 23.2 Å². The number of Topliss-reactive ketones (excluding diaryl/α,β-unsaturated/α-hetero) is 1. The summed E-state index contributed by atoms with van der Waals surface area (Å²) >= 11 is 12.7. The van der Waals surface area contributed by atoms with Crippen LogP contribution in [0.3, 0.4) is 0 Å². The van der Waals surface area contributed by atoms with E-state index in [1.165, 1.54) is 0 Å². The lowest BCUT2D eigenvalue weighted by atomic mass is 9.73. The summed E-state index contributed by atoms with van der Waals surface area (Å²) < 4.78 is 0. The fourth-order valence-corrected chi connectivity index (χ4v) is 6.21. The number of likely N-dealkylation sites (tertiary alicyclic amines) is 1. The average Bonchev–Trinajstić information content (AvgIpc) is 2.99. The van der Waals surface area contributed by atoms with Crippen LogP contribution in [0.5, 0.6) is 0 Å². The molecule has 200 valence electrons. The van der Waals surface area contributed by atoms with Gasteiger partial charge in [-0.3, -0.25) is 24.2 Å². The molecule has 3 N–H and O–H groups in total. The molecular formula is C29H32Cl2N4O3. The van der Waals surface area contributed by atoms with Crippen molar-refractivity contribution in [3.63, 3.8) is 0 Å². The van der Waals surface area contributed by atoms with E-state index in [0.29, 0.717) is 60.1 Å². The number of nitrogens with one attached hydrogen (secondary N) is 1. The average molecular weight is 556 g/mol. The minimum absolute atomic E-state index is 0.00713. The summed E-state index contributed by atoms with van der Waals surface area (Å²) in [6, 6.07) is 12.3. The minimum atomic E-state index is -0.671. The maximum atomic E-state index is 14.2. The van der Waals surface area contributed by atoms with Gasteiger partial charge in [-0.1, -0.05) is 55.2 Å². The summed E-state index contributed by atoms with van der Waals surface area (Å²) in [5.41, 5.74) is 8.88. The van der Waals surface area contributed by atoms with Crippen LogP contribution in [0.2, 0.25) is 10.0 Å². The van der Waals surface area contributed by atoms with Crippen molar-refractivity contribution in [2.45, 2.75) is 45.6 Å². The summed E-state index contributed by atoms with van der Waals surface area (Å²) in [5, 5.41) is 4.29. The molecule has 9 heteroatoms. The third-order valence-electron chi connectivity index (χ3n) is 7.78. The predicted molar refractivity (Wildman–Crippen MR) is 150 cm³/mol. The maximum absolute atomic E-state index is 14.2. The van der Waals surface area contributed by atoms with Gasteiger partial charge in [0.25, 0.3) is 0 Å². The number of amides is 2. The number of anilines is 2. The normalized spacial score (nSPS) is 21.8. The molecule has 2 aromatic rings. The van der Waals surface area contributed by atoms with Crippen LogP contribution in [-0.2, 0) is 14.4 Å². The summed E-state index contributed by atoms with van der Waals surface area (Å²) in [5.74, 6) is -0.585. The first kappa shape index (κ1) is 26.7. The van der Waals surface area contributed by atoms with Crippen LogP contribution in [0.15, 0.2) is 53.7 Å². The van der Waals surface area contributed by atoms with Gasteiger partial charge in [0, 0.05) is 23.6 Å². The quantitative estimate of drug-likeness (QED) is 0.532. The predicted octanol–water partition coefficient (Wildman–Crippen LogP) is 5.33. The summed E-state index contributed by atoms with van der Waals surface area (Å²) in [6.45, 7) is 5.52. The van der Waals surface area contributed by atoms with Crippen LogP contribution in [0.25, 0.3) is 0 Å². The van der Waals surface area contributed by atoms with E-state index >= 15 is 0 Å². The highest BCUT2D eigenvalue weighted by Gasteiger charge is 2.43. The van der Waals surface area contributed by atoms with E-state index in [-0.39, 0.29) is 35.5 Å².